The van der Waals surface area contributed by atoms with Crippen LogP contribution in [0.25, 0.3) is 0 Å². The second kappa shape index (κ2) is 4.72. The Morgan fingerprint density at radius 1 is 1.55 bits per heavy atom. The first-order chi connectivity index (χ1) is 5.04. The third-order valence-electron chi connectivity index (χ3n) is 1.59. The number of sulfonamides is 1. The van der Waals surface area contributed by atoms with Crippen LogP contribution in [0.4, 0.5) is 0 Å². The molecule has 11 heavy (non-hydrogen) atoms. The Balaban J connectivity index is 4.01. The average molecular weight is 178 g/mol. The van der Waals surface area contributed by atoms with E-state index < -0.39 is 10.0 Å². The third-order valence-corrected chi connectivity index (χ3v) is 3.56. The summed E-state index contributed by atoms with van der Waals surface area (Å²) in [5, 5.41) is -0.289. The summed E-state index contributed by atoms with van der Waals surface area (Å²) in [4.78, 5) is 0. The molecule has 1 radical (unpaired) electrons. The molecule has 4 heteroatoms. The molecule has 0 aliphatic rings. The Kier molecular flexibility index (Phi) is 4.68. The van der Waals surface area contributed by atoms with Crippen LogP contribution in [0, 0.1) is 6.42 Å². The van der Waals surface area contributed by atoms with Crippen LogP contribution in [0.2, 0.25) is 0 Å². The number of nitrogens with one attached hydrogen (secondary N) is 1. The second-order valence-electron chi connectivity index (χ2n) is 2.52. The maximum absolute atomic E-state index is 11.2. The minimum absolute atomic E-state index is 0.289. The van der Waals surface area contributed by atoms with Crippen LogP contribution in [0.1, 0.15) is 27.2 Å². The number of hydrogen-bond donors (Lipinski definition) is 1. The molecule has 0 fully saturated rings. The summed E-state index contributed by atoms with van der Waals surface area (Å²) in [6.07, 6.45) is 2.43. The summed E-state index contributed by atoms with van der Waals surface area (Å²) in [5.74, 6) is 0. The molecular formula is C7H16NO2S. The van der Waals surface area contributed by atoms with Crippen molar-refractivity contribution in [1.29, 1.82) is 0 Å². The Bertz CT molecular complexity index is 187. The smallest absolute Gasteiger partial charge is 0.214 e. The van der Waals surface area contributed by atoms with Gasteiger partial charge in [-0.15, -0.1) is 0 Å². The van der Waals surface area contributed by atoms with Crippen molar-refractivity contribution in [3.8, 4) is 0 Å². The van der Waals surface area contributed by atoms with Gasteiger partial charge in [0.15, 0.2) is 0 Å². The molecule has 3 nitrogen and oxygen atoms in total. The van der Waals surface area contributed by atoms with Gasteiger partial charge in [0.05, 0.1) is 5.25 Å². The van der Waals surface area contributed by atoms with Gasteiger partial charge in [0.25, 0.3) is 0 Å². The van der Waals surface area contributed by atoms with Gasteiger partial charge in [0.2, 0.25) is 10.0 Å². The molecule has 0 saturated heterocycles. The lowest BCUT2D eigenvalue weighted by atomic mass is 10.4. The van der Waals surface area contributed by atoms with Crippen molar-refractivity contribution < 1.29 is 8.42 Å². The molecule has 0 heterocycles. The lowest BCUT2D eigenvalue weighted by Gasteiger charge is -2.10. The lowest BCUT2D eigenvalue weighted by Crippen LogP contribution is -2.32. The molecule has 0 aromatic heterocycles. The van der Waals surface area contributed by atoms with E-state index in [1.165, 1.54) is 0 Å². The van der Waals surface area contributed by atoms with Gasteiger partial charge in [-0.25, -0.2) is 13.1 Å². The molecule has 0 aromatic rings. The summed E-state index contributed by atoms with van der Waals surface area (Å²) >= 11 is 0. The fourth-order valence-electron chi connectivity index (χ4n) is 0.561. The van der Waals surface area contributed by atoms with Gasteiger partial charge in [0, 0.05) is 6.54 Å². The van der Waals surface area contributed by atoms with E-state index in [9.17, 15) is 8.42 Å². The minimum Gasteiger partial charge on any atom is -0.215 e. The van der Waals surface area contributed by atoms with E-state index in [4.69, 9.17) is 0 Å². The van der Waals surface area contributed by atoms with E-state index in [1.54, 1.807) is 13.3 Å². The predicted molar refractivity (Wildman–Crippen MR) is 46.6 cm³/mol. The van der Waals surface area contributed by atoms with Crippen LogP contribution >= 0.6 is 0 Å². The largest absolute Gasteiger partial charge is 0.215 e. The van der Waals surface area contributed by atoms with E-state index in [0.29, 0.717) is 13.0 Å². The zero-order valence-electron chi connectivity index (χ0n) is 7.29. The minimum atomic E-state index is -3.05. The van der Waals surface area contributed by atoms with E-state index in [0.717, 1.165) is 0 Å². The molecule has 0 spiro atoms. The van der Waals surface area contributed by atoms with Crippen molar-refractivity contribution in [2.75, 3.05) is 6.54 Å². The normalized spacial score (nSPS) is 14.8. The van der Waals surface area contributed by atoms with E-state index in [1.807, 2.05) is 13.8 Å². The summed E-state index contributed by atoms with van der Waals surface area (Å²) in [6, 6.07) is 0. The van der Waals surface area contributed by atoms with Crippen molar-refractivity contribution in [1.82, 2.24) is 4.72 Å². The monoisotopic (exact) mass is 178 g/mol. The first-order valence-electron chi connectivity index (χ1n) is 3.81. The SMILES string of the molecule is C[CH]CNS(=O)(=O)C(C)CC. The van der Waals surface area contributed by atoms with E-state index in [2.05, 4.69) is 4.72 Å². The highest BCUT2D eigenvalue weighted by atomic mass is 32.2. The molecule has 1 unspecified atom stereocenters. The van der Waals surface area contributed by atoms with Crippen molar-refractivity contribution in [3.05, 3.63) is 6.42 Å². The standard InChI is InChI=1S/C7H16NO2S/c1-4-6-8-11(9,10)7(3)5-2/h4,7-8H,5-6H2,1-3H3. The molecule has 67 valence electrons. The van der Waals surface area contributed by atoms with Crippen molar-refractivity contribution >= 4 is 10.0 Å². The number of rotatable bonds is 5. The van der Waals surface area contributed by atoms with Gasteiger partial charge in [-0.2, -0.15) is 0 Å². The molecule has 0 bridgehead atoms. The van der Waals surface area contributed by atoms with Crippen molar-refractivity contribution in [2.45, 2.75) is 32.4 Å². The molecule has 0 saturated carbocycles. The van der Waals surface area contributed by atoms with Gasteiger partial charge in [-0.05, 0) is 19.8 Å². The first kappa shape index (κ1) is 10.9. The molecule has 0 aliphatic carbocycles. The van der Waals surface area contributed by atoms with Crippen LogP contribution in [0.3, 0.4) is 0 Å². The van der Waals surface area contributed by atoms with Crippen molar-refractivity contribution in [3.63, 3.8) is 0 Å². The number of hydrogen-bond acceptors (Lipinski definition) is 2. The average Bonchev–Trinajstić information content (AvgIpc) is 1.99. The van der Waals surface area contributed by atoms with Crippen LogP contribution in [0.5, 0.6) is 0 Å². The zero-order chi connectivity index (χ0) is 8.91. The summed E-state index contributed by atoms with van der Waals surface area (Å²) in [6.45, 7) is 5.81. The fourth-order valence-corrected chi connectivity index (χ4v) is 1.68. The highest BCUT2D eigenvalue weighted by Gasteiger charge is 2.16. The Labute approximate surface area is 69.2 Å². The molecule has 0 aliphatic heterocycles. The first-order valence-corrected chi connectivity index (χ1v) is 5.35. The van der Waals surface area contributed by atoms with Gasteiger partial charge in [-0.3, -0.25) is 0 Å². The van der Waals surface area contributed by atoms with Gasteiger partial charge in [0.1, 0.15) is 0 Å². The maximum atomic E-state index is 11.2. The molecule has 1 N–H and O–H groups in total. The summed E-state index contributed by atoms with van der Waals surface area (Å²) < 4.78 is 24.9. The molecule has 0 rings (SSSR count). The van der Waals surface area contributed by atoms with Crippen LogP contribution < -0.4 is 4.72 Å². The van der Waals surface area contributed by atoms with Gasteiger partial charge in [-0.1, -0.05) is 13.8 Å². The Morgan fingerprint density at radius 2 is 2.09 bits per heavy atom. The second-order valence-corrected chi connectivity index (χ2v) is 4.70. The molecule has 1 atom stereocenters. The third kappa shape index (κ3) is 3.72. The quantitative estimate of drug-likeness (QED) is 0.680. The van der Waals surface area contributed by atoms with Gasteiger partial charge >= 0.3 is 0 Å². The maximum Gasteiger partial charge on any atom is 0.214 e. The van der Waals surface area contributed by atoms with E-state index in [-0.39, 0.29) is 5.25 Å². The Morgan fingerprint density at radius 3 is 2.45 bits per heavy atom. The zero-order valence-corrected chi connectivity index (χ0v) is 8.11. The Hall–Kier alpha value is -0.0900. The highest BCUT2D eigenvalue weighted by molar-refractivity contribution is 7.90. The predicted octanol–water partition coefficient (Wildman–Crippen LogP) is 0.928. The van der Waals surface area contributed by atoms with Gasteiger partial charge < -0.3 is 0 Å². The highest BCUT2D eigenvalue weighted by Crippen LogP contribution is 2.01. The molecule has 0 aromatic carbocycles. The van der Waals surface area contributed by atoms with E-state index >= 15 is 0 Å². The van der Waals surface area contributed by atoms with Crippen LogP contribution in [-0.2, 0) is 10.0 Å². The summed E-state index contributed by atoms with van der Waals surface area (Å²) in [7, 11) is -3.05. The van der Waals surface area contributed by atoms with Crippen molar-refractivity contribution in [2.24, 2.45) is 0 Å². The van der Waals surface area contributed by atoms with Crippen LogP contribution in [0.15, 0.2) is 0 Å². The summed E-state index contributed by atoms with van der Waals surface area (Å²) in [5.41, 5.74) is 0. The molecule has 0 amide bonds. The fraction of sp³-hybridized carbons (Fsp3) is 0.857. The van der Waals surface area contributed by atoms with Crippen LogP contribution in [-0.4, -0.2) is 20.2 Å². The lowest BCUT2D eigenvalue weighted by molar-refractivity contribution is 0.569. The topological polar surface area (TPSA) is 46.2 Å². The molecular weight excluding hydrogens is 162 g/mol.